The van der Waals surface area contributed by atoms with Gasteiger partial charge >= 0.3 is 0 Å². The van der Waals surface area contributed by atoms with Crippen molar-refractivity contribution in [3.05, 3.63) is 29.8 Å². The van der Waals surface area contributed by atoms with E-state index in [-0.39, 0.29) is 24.5 Å². The Labute approximate surface area is 144 Å². The third kappa shape index (κ3) is 6.32. The molecular weight excluding hydrogens is 304 g/mol. The summed E-state index contributed by atoms with van der Waals surface area (Å²) in [5.41, 5.74) is 0.628. The summed E-state index contributed by atoms with van der Waals surface area (Å²) in [6, 6.07) is 7.13. The number of piperidine rings is 1. The fourth-order valence-corrected chi connectivity index (χ4v) is 2.77. The van der Waals surface area contributed by atoms with Gasteiger partial charge in [-0.05, 0) is 62.5 Å². The number of nitrogens with one attached hydrogen (secondary N) is 2. The normalized spacial score (nSPS) is 17.3. The minimum Gasteiger partial charge on any atom is -0.494 e. The number of hydrogen-bond acceptors (Lipinski definition) is 4. The number of benzene rings is 1. The van der Waals surface area contributed by atoms with Crippen molar-refractivity contribution in [1.29, 1.82) is 0 Å². The predicted octanol–water partition coefficient (Wildman–Crippen LogP) is 2.55. The SMILES string of the molecule is CCCOc1ccc(C(=O)CCC(=O)NCC2CCCNC2)cc1. The maximum Gasteiger partial charge on any atom is 0.220 e. The van der Waals surface area contributed by atoms with Gasteiger partial charge in [-0.2, -0.15) is 0 Å². The summed E-state index contributed by atoms with van der Waals surface area (Å²) in [7, 11) is 0. The van der Waals surface area contributed by atoms with Crippen molar-refractivity contribution in [3.8, 4) is 5.75 Å². The highest BCUT2D eigenvalue weighted by Gasteiger charge is 2.14. The Morgan fingerprint density at radius 2 is 2.04 bits per heavy atom. The van der Waals surface area contributed by atoms with Crippen molar-refractivity contribution in [1.82, 2.24) is 10.6 Å². The van der Waals surface area contributed by atoms with Crippen molar-refractivity contribution in [2.24, 2.45) is 5.92 Å². The van der Waals surface area contributed by atoms with Crippen LogP contribution in [0, 0.1) is 5.92 Å². The van der Waals surface area contributed by atoms with Crippen LogP contribution >= 0.6 is 0 Å². The molecule has 1 aliphatic heterocycles. The minimum atomic E-state index is -0.0446. The summed E-state index contributed by atoms with van der Waals surface area (Å²) >= 11 is 0. The Bertz CT molecular complexity index is 522. The van der Waals surface area contributed by atoms with E-state index in [1.807, 2.05) is 6.92 Å². The van der Waals surface area contributed by atoms with Crippen molar-refractivity contribution in [2.75, 3.05) is 26.2 Å². The lowest BCUT2D eigenvalue weighted by molar-refractivity contribution is -0.121. The molecule has 132 valence electrons. The highest BCUT2D eigenvalue weighted by atomic mass is 16.5. The van der Waals surface area contributed by atoms with Gasteiger partial charge in [-0.3, -0.25) is 9.59 Å². The minimum absolute atomic E-state index is 0.00785. The summed E-state index contributed by atoms with van der Waals surface area (Å²) in [6.45, 7) is 5.45. The standard InChI is InChI=1S/C19H28N2O3/c1-2-12-24-17-7-5-16(6-8-17)18(22)9-10-19(23)21-14-15-4-3-11-20-13-15/h5-8,15,20H,2-4,9-14H2,1H3,(H,21,23). The third-order valence-electron chi connectivity index (χ3n) is 4.22. The number of amides is 1. The first-order valence-corrected chi connectivity index (χ1v) is 8.92. The van der Waals surface area contributed by atoms with Gasteiger partial charge in [0.2, 0.25) is 5.91 Å². The van der Waals surface area contributed by atoms with Crippen LogP contribution in [-0.4, -0.2) is 37.9 Å². The third-order valence-corrected chi connectivity index (χ3v) is 4.22. The van der Waals surface area contributed by atoms with Gasteiger partial charge in [0.25, 0.3) is 0 Å². The van der Waals surface area contributed by atoms with E-state index in [1.54, 1.807) is 24.3 Å². The lowest BCUT2D eigenvalue weighted by atomic mass is 9.99. The molecule has 1 saturated heterocycles. The van der Waals surface area contributed by atoms with E-state index < -0.39 is 0 Å². The van der Waals surface area contributed by atoms with Gasteiger partial charge in [0.1, 0.15) is 5.75 Å². The summed E-state index contributed by atoms with van der Waals surface area (Å²) < 4.78 is 5.50. The molecule has 0 saturated carbocycles. The molecule has 5 heteroatoms. The van der Waals surface area contributed by atoms with Gasteiger partial charge in [0, 0.05) is 24.9 Å². The molecule has 0 bridgehead atoms. The van der Waals surface area contributed by atoms with E-state index in [0.29, 0.717) is 24.6 Å². The van der Waals surface area contributed by atoms with Crippen LogP contribution in [0.1, 0.15) is 49.4 Å². The van der Waals surface area contributed by atoms with Crippen LogP contribution in [0.3, 0.4) is 0 Å². The highest BCUT2D eigenvalue weighted by Crippen LogP contribution is 2.14. The van der Waals surface area contributed by atoms with Crippen LogP contribution in [0.4, 0.5) is 0 Å². The monoisotopic (exact) mass is 332 g/mol. The fraction of sp³-hybridized carbons (Fsp3) is 0.579. The molecular formula is C19H28N2O3. The average Bonchev–Trinajstić information content (AvgIpc) is 2.64. The molecule has 0 aliphatic carbocycles. The van der Waals surface area contributed by atoms with Crippen LogP contribution in [0.5, 0.6) is 5.75 Å². The molecule has 2 rings (SSSR count). The smallest absolute Gasteiger partial charge is 0.220 e. The first-order valence-electron chi connectivity index (χ1n) is 8.92. The molecule has 1 aliphatic rings. The first kappa shape index (κ1) is 18.5. The van der Waals surface area contributed by atoms with Gasteiger partial charge < -0.3 is 15.4 Å². The van der Waals surface area contributed by atoms with Gasteiger partial charge in [-0.25, -0.2) is 0 Å². The molecule has 1 atom stereocenters. The molecule has 0 aromatic heterocycles. The maximum absolute atomic E-state index is 12.1. The van der Waals surface area contributed by atoms with Crippen molar-refractivity contribution >= 4 is 11.7 Å². The number of carbonyl (C=O) groups excluding carboxylic acids is 2. The van der Waals surface area contributed by atoms with Gasteiger partial charge in [-0.1, -0.05) is 6.92 Å². The van der Waals surface area contributed by atoms with Crippen LogP contribution in [0.25, 0.3) is 0 Å². The predicted molar refractivity (Wildman–Crippen MR) is 94.4 cm³/mol. The molecule has 1 amide bonds. The summed E-state index contributed by atoms with van der Waals surface area (Å²) in [5.74, 6) is 1.23. The molecule has 1 aromatic rings. The zero-order valence-electron chi connectivity index (χ0n) is 14.5. The summed E-state index contributed by atoms with van der Waals surface area (Å²) in [6.07, 6.45) is 3.75. The number of hydrogen-bond donors (Lipinski definition) is 2. The lowest BCUT2D eigenvalue weighted by Gasteiger charge is -2.22. The highest BCUT2D eigenvalue weighted by molar-refractivity contribution is 5.98. The van der Waals surface area contributed by atoms with Gasteiger partial charge in [0.15, 0.2) is 5.78 Å². The molecule has 1 aromatic carbocycles. The Balaban J connectivity index is 1.68. The number of Topliss-reactive ketones (excluding diaryl/α,β-unsaturated/α-hetero) is 1. The van der Waals surface area contributed by atoms with E-state index in [1.165, 1.54) is 0 Å². The molecule has 1 heterocycles. The average molecular weight is 332 g/mol. The Morgan fingerprint density at radius 3 is 2.71 bits per heavy atom. The number of ketones is 1. The second-order valence-corrected chi connectivity index (χ2v) is 6.31. The zero-order valence-corrected chi connectivity index (χ0v) is 14.5. The van der Waals surface area contributed by atoms with Crippen LogP contribution in [-0.2, 0) is 4.79 Å². The van der Waals surface area contributed by atoms with Gasteiger partial charge in [0.05, 0.1) is 6.61 Å². The van der Waals surface area contributed by atoms with E-state index >= 15 is 0 Å². The topological polar surface area (TPSA) is 67.4 Å². The molecule has 1 unspecified atom stereocenters. The first-order chi connectivity index (χ1) is 11.7. The molecule has 0 radical (unpaired) electrons. The summed E-state index contributed by atoms with van der Waals surface area (Å²) in [5, 5.41) is 6.27. The lowest BCUT2D eigenvalue weighted by Crippen LogP contribution is -2.38. The second-order valence-electron chi connectivity index (χ2n) is 6.31. The maximum atomic E-state index is 12.1. The van der Waals surface area contributed by atoms with Crippen molar-refractivity contribution in [3.63, 3.8) is 0 Å². The quantitative estimate of drug-likeness (QED) is 0.682. The zero-order chi connectivity index (χ0) is 17.2. The largest absolute Gasteiger partial charge is 0.494 e. The van der Waals surface area contributed by atoms with E-state index in [0.717, 1.165) is 38.1 Å². The molecule has 0 spiro atoms. The Kier molecular flexibility index (Phi) is 7.75. The van der Waals surface area contributed by atoms with Crippen molar-refractivity contribution < 1.29 is 14.3 Å². The van der Waals surface area contributed by atoms with Crippen LogP contribution in [0.15, 0.2) is 24.3 Å². The van der Waals surface area contributed by atoms with Gasteiger partial charge in [-0.15, -0.1) is 0 Å². The van der Waals surface area contributed by atoms with Crippen molar-refractivity contribution in [2.45, 2.75) is 39.0 Å². The molecule has 1 fully saturated rings. The fourth-order valence-electron chi connectivity index (χ4n) is 2.77. The second kappa shape index (κ2) is 10.1. The van der Waals surface area contributed by atoms with Crippen LogP contribution < -0.4 is 15.4 Å². The van der Waals surface area contributed by atoms with E-state index in [9.17, 15) is 9.59 Å². The number of carbonyl (C=O) groups is 2. The number of ether oxygens (including phenoxy) is 1. The molecule has 24 heavy (non-hydrogen) atoms. The van der Waals surface area contributed by atoms with E-state index in [2.05, 4.69) is 10.6 Å². The summed E-state index contributed by atoms with van der Waals surface area (Å²) in [4.78, 5) is 24.0. The van der Waals surface area contributed by atoms with Crippen LogP contribution in [0.2, 0.25) is 0 Å². The molecule has 2 N–H and O–H groups in total. The Hall–Kier alpha value is -1.88. The number of rotatable bonds is 9. The Morgan fingerprint density at radius 1 is 1.25 bits per heavy atom. The van der Waals surface area contributed by atoms with E-state index in [4.69, 9.17) is 4.74 Å². The molecule has 5 nitrogen and oxygen atoms in total.